The number of nitrogens with zero attached hydrogens (tertiary/aromatic N) is 2. The number of aryl methyl sites for hydroxylation is 1. The molecule has 2 fully saturated rings. The molecule has 6 nitrogen and oxygen atoms in total. The van der Waals surface area contributed by atoms with Gasteiger partial charge in [-0.05, 0) is 74.3 Å². The standard InChI is InChI=1S/C23H31N3O3S/c1-4-23(21(28)26(13-15(2)3)22(29)24-23)17-9-11-25(12-10-17)20(27)19-18-8-6-5-7-16(18)14-30-19/h14,17H,2,4-13H2,1,3H3,(H,24,29)/t23-/m1/s1. The summed E-state index contributed by atoms with van der Waals surface area (Å²) >= 11 is 1.59. The van der Waals surface area contributed by atoms with Gasteiger partial charge in [0.15, 0.2) is 0 Å². The predicted octanol–water partition coefficient (Wildman–Crippen LogP) is 3.76. The summed E-state index contributed by atoms with van der Waals surface area (Å²) in [6.45, 7) is 9.13. The largest absolute Gasteiger partial charge is 0.338 e. The van der Waals surface area contributed by atoms with E-state index in [1.165, 1.54) is 22.4 Å². The minimum atomic E-state index is -0.857. The molecule has 0 saturated carbocycles. The lowest BCUT2D eigenvalue weighted by Crippen LogP contribution is -2.56. The van der Waals surface area contributed by atoms with Crippen LogP contribution >= 0.6 is 11.3 Å². The molecule has 1 aliphatic carbocycles. The average molecular weight is 430 g/mol. The Balaban J connectivity index is 1.45. The number of imide groups is 1. The lowest BCUT2D eigenvalue weighted by Gasteiger charge is -2.40. The molecule has 4 rings (SSSR count). The van der Waals surface area contributed by atoms with E-state index < -0.39 is 5.54 Å². The first kappa shape index (κ1) is 21.1. The Morgan fingerprint density at radius 3 is 2.63 bits per heavy atom. The van der Waals surface area contributed by atoms with E-state index in [1.807, 2.05) is 18.7 Å². The highest BCUT2D eigenvalue weighted by atomic mass is 32.1. The number of hydrogen-bond donors (Lipinski definition) is 1. The first-order valence-corrected chi connectivity index (χ1v) is 11.9. The third-order valence-electron chi connectivity index (χ3n) is 6.96. The Morgan fingerprint density at radius 1 is 1.27 bits per heavy atom. The summed E-state index contributed by atoms with van der Waals surface area (Å²) in [6, 6.07) is -0.325. The van der Waals surface area contributed by atoms with Gasteiger partial charge in [0.2, 0.25) is 0 Å². The Labute approximate surface area is 182 Å². The molecule has 0 aromatic carbocycles. The molecule has 2 saturated heterocycles. The SMILES string of the molecule is C=C(C)CN1C(=O)N[C@](CC)(C2CCN(C(=O)c3scc4c3CCCC4)CC2)C1=O. The van der Waals surface area contributed by atoms with Crippen molar-refractivity contribution in [1.82, 2.24) is 15.1 Å². The minimum absolute atomic E-state index is 0.0374. The van der Waals surface area contributed by atoms with Crippen LogP contribution in [-0.2, 0) is 17.6 Å². The molecule has 30 heavy (non-hydrogen) atoms. The summed E-state index contributed by atoms with van der Waals surface area (Å²) in [5.74, 6) is 0.0308. The second-order valence-corrected chi connectivity index (χ2v) is 9.83. The summed E-state index contributed by atoms with van der Waals surface area (Å²) in [4.78, 5) is 43.0. The summed E-state index contributed by atoms with van der Waals surface area (Å²) in [5, 5.41) is 5.16. The number of carbonyl (C=O) groups excluding carboxylic acids is 3. The maximum Gasteiger partial charge on any atom is 0.325 e. The molecule has 0 unspecified atom stereocenters. The van der Waals surface area contributed by atoms with Crippen LogP contribution in [0.3, 0.4) is 0 Å². The average Bonchev–Trinajstić information content (AvgIpc) is 3.28. The number of nitrogens with one attached hydrogen (secondary N) is 1. The van der Waals surface area contributed by atoms with E-state index in [0.717, 1.165) is 42.6 Å². The van der Waals surface area contributed by atoms with Crippen molar-refractivity contribution in [3.63, 3.8) is 0 Å². The van der Waals surface area contributed by atoms with Crippen molar-refractivity contribution in [3.8, 4) is 0 Å². The Morgan fingerprint density at radius 2 is 1.97 bits per heavy atom. The van der Waals surface area contributed by atoms with Crippen molar-refractivity contribution in [3.05, 3.63) is 33.5 Å². The van der Waals surface area contributed by atoms with Crippen LogP contribution in [0.5, 0.6) is 0 Å². The van der Waals surface area contributed by atoms with Crippen LogP contribution in [0, 0.1) is 5.92 Å². The molecule has 162 valence electrons. The van der Waals surface area contributed by atoms with Crippen molar-refractivity contribution in [2.75, 3.05) is 19.6 Å². The molecule has 1 N–H and O–H groups in total. The first-order chi connectivity index (χ1) is 14.4. The van der Waals surface area contributed by atoms with Gasteiger partial charge in [0, 0.05) is 13.1 Å². The fourth-order valence-electron chi connectivity index (χ4n) is 5.28. The molecule has 3 heterocycles. The van der Waals surface area contributed by atoms with Gasteiger partial charge in [-0.1, -0.05) is 19.1 Å². The zero-order valence-corrected chi connectivity index (χ0v) is 18.8. The van der Waals surface area contributed by atoms with E-state index in [4.69, 9.17) is 0 Å². The molecule has 4 amide bonds. The molecule has 1 aromatic rings. The zero-order chi connectivity index (χ0) is 21.5. The molecular weight excluding hydrogens is 398 g/mol. The first-order valence-electron chi connectivity index (χ1n) is 11.0. The number of piperidine rings is 1. The summed E-state index contributed by atoms with van der Waals surface area (Å²) in [6.07, 6.45) is 6.47. The quantitative estimate of drug-likeness (QED) is 0.572. The summed E-state index contributed by atoms with van der Waals surface area (Å²) in [5.41, 5.74) is 2.54. The Hall–Kier alpha value is -2.15. The molecular formula is C23H31N3O3S. The monoisotopic (exact) mass is 429 g/mol. The number of amides is 4. The molecule has 1 atom stereocenters. The second-order valence-electron chi connectivity index (χ2n) is 8.95. The fourth-order valence-corrected chi connectivity index (χ4v) is 6.41. The molecule has 7 heteroatoms. The summed E-state index contributed by atoms with van der Waals surface area (Å²) in [7, 11) is 0. The maximum absolute atomic E-state index is 13.2. The molecule has 3 aliphatic rings. The van der Waals surface area contributed by atoms with Crippen LogP contribution < -0.4 is 5.32 Å². The zero-order valence-electron chi connectivity index (χ0n) is 18.0. The molecule has 1 aromatic heterocycles. The molecule has 0 radical (unpaired) electrons. The van der Waals surface area contributed by atoms with E-state index in [0.29, 0.717) is 19.5 Å². The number of likely N-dealkylation sites (tertiary alicyclic amines) is 1. The summed E-state index contributed by atoms with van der Waals surface area (Å²) < 4.78 is 0. The van der Waals surface area contributed by atoms with Crippen LogP contribution in [0.2, 0.25) is 0 Å². The molecule has 0 bridgehead atoms. The maximum atomic E-state index is 13.2. The van der Waals surface area contributed by atoms with E-state index in [2.05, 4.69) is 17.3 Å². The van der Waals surface area contributed by atoms with Crippen LogP contribution in [-0.4, -0.2) is 52.8 Å². The van der Waals surface area contributed by atoms with E-state index in [1.54, 1.807) is 11.3 Å². The van der Waals surface area contributed by atoms with E-state index in [9.17, 15) is 14.4 Å². The lowest BCUT2D eigenvalue weighted by atomic mass is 9.75. The van der Waals surface area contributed by atoms with Gasteiger partial charge in [0.05, 0.1) is 11.4 Å². The Bertz CT molecular complexity index is 884. The second kappa shape index (κ2) is 8.17. The van der Waals surface area contributed by atoms with Gasteiger partial charge in [0.1, 0.15) is 5.54 Å². The smallest absolute Gasteiger partial charge is 0.325 e. The van der Waals surface area contributed by atoms with Gasteiger partial charge in [0.25, 0.3) is 11.8 Å². The number of carbonyl (C=O) groups is 3. The highest BCUT2D eigenvalue weighted by molar-refractivity contribution is 7.12. The van der Waals surface area contributed by atoms with Crippen LogP contribution in [0.4, 0.5) is 4.79 Å². The van der Waals surface area contributed by atoms with Crippen molar-refractivity contribution in [2.45, 2.75) is 64.3 Å². The number of fused-ring (bicyclic) bond motifs is 1. The number of rotatable bonds is 5. The van der Waals surface area contributed by atoms with Crippen molar-refractivity contribution >= 4 is 29.2 Å². The number of thiophene rings is 1. The highest BCUT2D eigenvalue weighted by Crippen LogP contribution is 2.37. The van der Waals surface area contributed by atoms with Crippen molar-refractivity contribution in [2.24, 2.45) is 5.92 Å². The number of urea groups is 1. The third-order valence-corrected chi connectivity index (χ3v) is 8.02. The van der Waals surface area contributed by atoms with Gasteiger partial charge in [-0.2, -0.15) is 0 Å². The Kier molecular flexibility index (Phi) is 5.75. The normalized spacial score (nSPS) is 24.7. The van der Waals surface area contributed by atoms with Gasteiger partial charge < -0.3 is 10.2 Å². The molecule has 0 spiro atoms. The predicted molar refractivity (Wildman–Crippen MR) is 118 cm³/mol. The van der Waals surface area contributed by atoms with Crippen LogP contribution in [0.15, 0.2) is 17.5 Å². The van der Waals surface area contributed by atoms with E-state index >= 15 is 0 Å². The van der Waals surface area contributed by atoms with Gasteiger partial charge in [-0.25, -0.2) is 4.79 Å². The van der Waals surface area contributed by atoms with E-state index in [-0.39, 0.29) is 30.3 Å². The lowest BCUT2D eigenvalue weighted by molar-refractivity contribution is -0.133. The van der Waals surface area contributed by atoms with Gasteiger partial charge in [-0.15, -0.1) is 11.3 Å². The minimum Gasteiger partial charge on any atom is -0.338 e. The van der Waals surface area contributed by atoms with Crippen LogP contribution in [0.1, 0.15) is 66.8 Å². The van der Waals surface area contributed by atoms with Gasteiger partial charge >= 0.3 is 6.03 Å². The van der Waals surface area contributed by atoms with Crippen LogP contribution in [0.25, 0.3) is 0 Å². The highest BCUT2D eigenvalue weighted by Gasteiger charge is 2.54. The third kappa shape index (κ3) is 3.47. The molecule has 2 aliphatic heterocycles. The van der Waals surface area contributed by atoms with Gasteiger partial charge in [-0.3, -0.25) is 14.5 Å². The van der Waals surface area contributed by atoms with Crippen molar-refractivity contribution in [1.29, 1.82) is 0 Å². The number of hydrogen-bond acceptors (Lipinski definition) is 4. The van der Waals surface area contributed by atoms with Crippen molar-refractivity contribution < 1.29 is 14.4 Å². The fraction of sp³-hybridized carbons (Fsp3) is 0.609. The topological polar surface area (TPSA) is 69.7 Å².